The van der Waals surface area contributed by atoms with E-state index in [1.165, 1.54) is 0 Å². The van der Waals surface area contributed by atoms with Gasteiger partial charge in [-0.15, -0.1) is 0 Å². The summed E-state index contributed by atoms with van der Waals surface area (Å²) in [6.07, 6.45) is 0.881. The first-order chi connectivity index (χ1) is 6.79. The molecule has 2 nitrogen and oxygen atoms in total. The van der Waals surface area contributed by atoms with E-state index in [0.717, 1.165) is 23.6 Å². The molecular weight excluding hydrogens is 252 g/mol. The SMILES string of the molecule is Cc1cc(C)nc(CC(Br)C(C)(C)C)n1. The molecule has 1 atom stereocenters. The van der Waals surface area contributed by atoms with Crippen LogP contribution in [0.15, 0.2) is 6.07 Å². The van der Waals surface area contributed by atoms with Crippen LogP contribution >= 0.6 is 15.9 Å². The minimum absolute atomic E-state index is 0.237. The molecule has 1 rings (SSSR count). The van der Waals surface area contributed by atoms with E-state index in [1.807, 2.05) is 19.9 Å². The Labute approximate surface area is 101 Å². The molecule has 0 aliphatic rings. The monoisotopic (exact) mass is 270 g/mol. The van der Waals surface area contributed by atoms with Gasteiger partial charge in [-0.2, -0.15) is 0 Å². The van der Waals surface area contributed by atoms with E-state index in [9.17, 15) is 0 Å². The molecule has 0 aliphatic heterocycles. The molecular formula is C12H19BrN2. The number of hydrogen-bond donors (Lipinski definition) is 0. The summed E-state index contributed by atoms with van der Waals surface area (Å²) in [6, 6.07) is 2.00. The van der Waals surface area contributed by atoms with Crippen LogP contribution in [-0.2, 0) is 6.42 Å². The molecule has 0 N–H and O–H groups in total. The van der Waals surface area contributed by atoms with E-state index in [0.29, 0.717) is 4.83 Å². The van der Waals surface area contributed by atoms with Crippen LogP contribution in [0.2, 0.25) is 0 Å². The molecule has 0 bridgehead atoms. The fourth-order valence-electron chi connectivity index (χ4n) is 1.36. The van der Waals surface area contributed by atoms with Crippen molar-refractivity contribution in [1.29, 1.82) is 0 Å². The molecule has 0 aliphatic carbocycles. The first-order valence-electron chi connectivity index (χ1n) is 5.24. The highest BCUT2D eigenvalue weighted by Crippen LogP contribution is 2.28. The normalized spacial score (nSPS) is 14.0. The highest BCUT2D eigenvalue weighted by molar-refractivity contribution is 9.09. The Hall–Kier alpha value is -0.440. The third-order valence-corrected chi connectivity index (χ3v) is 4.03. The number of hydrogen-bond acceptors (Lipinski definition) is 2. The van der Waals surface area contributed by atoms with Crippen LogP contribution in [0.25, 0.3) is 0 Å². The smallest absolute Gasteiger partial charge is 0.129 e. The highest BCUT2D eigenvalue weighted by atomic mass is 79.9. The van der Waals surface area contributed by atoms with Crippen LogP contribution in [-0.4, -0.2) is 14.8 Å². The topological polar surface area (TPSA) is 25.8 Å². The van der Waals surface area contributed by atoms with Gasteiger partial charge in [-0.1, -0.05) is 36.7 Å². The van der Waals surface area contributed by atoms with Crippen molar-refractivity contribution in [3.05, 3.63) is 23.3 Å². The van der Waals surface area contributed by atoms with Crippen molar-refractivity contribution >= 4 is 15.9 Å². The van der Waals surface area contributed by atoms with E-state index in [1.54, 1.807) is 0 Å². The molecule has 1 aromatic heterocycles. The second kappa shape index (κ2) is 4.60. The predicted octanol–water partition coefficient (Wildman–Crippen LogP) is 3.45. The second-order valence-electron chi connectivity index (χ2n) is 5.10. The minimum atomic E-state index is 0.237. The van der Waals surface area contributed by atoms with Crippen LogP contribution in [0.3, 0.4) is 0 Å². The maximum absolute atomic E-state index is 4.45. The summed E-state index contributed by atoms with van der Waals surface area (Å²) in [6.45, 7) is 10.7. The Kier molecular flexibility index (Phi) is 3.87. The van der Waals surface area contributed by atoms with Crippen LogP contribution in [0.4, 0.5) is 0 Å². The van der Waals surface area contributed by atoms with Crippen LogP contribution in [0.1, 0.15) is 38.0 Å². The standard InChI is InChI=1S/C12H19BrN2/c1-8-6-9(2)15-11(14-8)7-10(13)12(3,4)5/h6,10H,7H2,1-5H3. The van der Waals surface area contributed by atoms with Crippen molar-refractivity contribution in [3.63, 3.8) is 0 Å². The van der Waals surface area contributed by atoms with Gasteiger partial charge in [-0.25, -0.2) is 9.97 Å². The van der Waals surface area contributed by atoms with E-state index in [-0.39, 0.29) is 5.41 Å². The Bertz CT molecular complexity index is 322. The molecule has 0 amide bonds. The Morgan fingerprint density at radius 1 is 1.20 bits per heavy atom. The van der Waals surface area contributed by atoms with Crippen molar-refractivity contribution in [1.82, 2.24) is 9.97 Å². The number of alkyl halides is 1. The lowest BCUT2D eigenvalue weighted by Crippen LogP contribution is -2.23. The number of rotatable bonds is 2. The van der Waals surface area contributed by atoms with Gasteiger partial charge in [0.25, 0.3) is 0 Å². The third-order valence-electron chi connectivity index (χ3n) is 2.33. The first-order valence-corrected chi connectivity index (χ1v) is 6.16. The molecule has 0 saturated carbocycles. The van der Waals surface area contributed by atoms with Crippen molar-refractivity contribution < 1.29 is 0 Å². The Morgan fingerprint density at radius 3 is 2.07 bits per heavy atom. The predicted molar refractivity (Wildman–Crippen MR) is 67.4 cm³/mol. The summed E-state index contributed by atoms with van der Waals surface area (Å²) < 4.78 is 0. The number of nitrogens with zero attached hydrogens (tertiary/aromatic N) is 2. The number of aryl methyl sites for hydroxylation is 2. The Morgan fingerprint density at radius 2 is 1.67 bits per heavy atom. The zero-order chi connectivity index (χ0) is 11.6. The lowest BCUT2D eigenvalue weighted by Gasteiger charge is -2.24. The molecule has 0 saturated heterocycles. The van der Waals surface area contributed by atoms with Gasteiger partial charge in [0.05, 0.1) is 0 Å². The van der Waals surface area contributed by atoms with Gasteiger partial charge in [0.2, 0.25) is 0 Å². The van der Waals surface area contributed by atoms with Gasteiger partial charge in [0, 0.05) is 22.6 Å². The molecule has 1 aromatic rings. The molecule has 15 heavy (non-hydrogen) atoms. The molecule has 3 heteroatoms. The van der Waals surface area contributed by atoms with E-state index in [4.69, 9.17) is 0 Å². The van der Waals surface area contributed by atoms with Crippen LogP contribution in [0, 0.1) is 19.3 Å². The summed E-state index contributed by atoms with van der Waals surface area (Å²) >= 11 is 3.70. The molecule has 1 unspecified atom stereocenters. The summed E-state index contributed by atoms with van der Waals surface area (Å²) in [4.78, 5) is 9.30. The quantitative estimate of drug-likeness (QED) is 0.770. The maximum atomic E-state index is 4.45. The average Bonchev–Trinajstić information content (AvgIpc) is 1.99. The molecule has 0 spiro atoms. The molecule has 1 heterocycles. The van der Waals surface area contributed by atoms with Gasteiger partial charge < -0.3 is 0 Å². The third kappa shape index (κ3) is 3.90. The summed E-state index contributed by atoms with van der Waals surface area (Å²) in [5.41, 5.74) is 2.33. The highest BCUT2D eigenvalue weighted by Gasteiger charge is 2.23. The summed E-state index contributed by atoms with van der Waals surface area (Å²) in [5, 5.41) is 0. The largest absolute Gasteiger partial charge is 0.238 e. The molecule has 0 radical (unpaired) electrons. The molecule has 0 fully saturated rings. The molecule has 84 valence electrons. The van der Waals surface area contributed by atoms with Gasteiger partial charge in [-0.3, -0.25) is 0 Å². The average molecular weight is 271 g/mol. The lowest BCUT2D eigenvalue weighted by atomic mass is 9.90. The van der Waals surface area contributed by atoms with Crippen molar-refractivity contribution in [2.45, 2.75) is 45.9 Å². The fourth-order valence-corrected chi connectivity index (χ4v) is 1.65. The summed E-state index contributed by atoms with van der Waals surface area (Å²) in [5.74, 6) is 0.935. The van der Waals surface area contributed by atoms with E-state index in [2.05, 4.69) is 46.7 Å². The lowest BCUT2D eigenvalue weighted by molar-refractivity contribution is 0.394. The van der Waals surface area contributed by atoms with Gasteiger partial charge in [0.1, 0.15) is 5.82 Å². The van der Waals surface area contributed by atoms with Crippen molar-refractivity contribution in [2.24, 2.45) is 5.41 Å². The number of aromatic nitrogens is 2. The van der Waals surface area contributed by atoms with Crippen molar-refractivity contribution in [2.75, 3.05) is 0 Å². The van der Waals surface area contributed by atoms with Crippen molar-refractivity contribution in [3.8, 4) is 0 Å². The van der Waals surface area contributed by atoms with E-state index >= 15 is 0 Å². The minimum Gasteiger partial charge on any atom is -0.238 e. The second-order valence-corrected chi connectivity index (χ2v) is 6.21. The van der Waals surface area contributed by atoms with Gasteiger partial charge >= 0.3 is 0 Å². The van der Waals surface area contributed by atoms with E-state index < -0.39 is 0 Å². The zero-order valence-corrected chi connectivity index (χ0v) is 11.7. The van der Waals surface area contributed by atoms with Gasteiger partial charge in [0.15, 0.2) is 0 Å². The van der Waals surface area contributed by atoms with Crippen LogP contribution in [0.5, 0.6) is 0 Å². The zero-order valence-electron chi connectivity index (χ0n) is 10.1. The summed E-state index contributed by atoms with van der Waals surface area (Å²) in [7, 11) is 0. The van der Waals surface area contributed by atoms with Crippen LogP contribution < -0.4 is 0 Å². The maximum Gasteiger partial charge on any atom is 0.129 e. The molecule has 0 aromatic carbocycles. The Balaban J connectivity index is 2.81. The van der Waals surface area contributed by atoms with Gasteiger partial charge in [-0.05, 0) is 25.3 Å². The fraction of sp³-hybridized carbons (Fsp3) is 0.667. The first kappa shape index (κ1) is 12.6. The number of halogens is 1.